The summed E-state index contributed by atoms with van der Waals surface area (Å²) in [6.07, 6.45) is 7.28. The monoisotopic (exact) mass is 289 g/mol. The molecular weight excluding hydrogens is 262 g/mol. The average molecular weight is 289 g/mol. The van der Waals surface area contributed by atoms with Crippen molar-refractivity contribution < 1.29 is 4.74 Å². The van der Waals surface area contributed by atoms with E-state index >= 15 is 0 Å². The van der Waals surface area contributed by atoms with Crippen molar-refractivity contribution >= 4 is 5.82 Å². The zero-order valence-electron chi connectivity index (χ0n) is 13.3. The van der Waals surface area contributed by atoms with Crippen LogP contribution in [0.1, 0.15) is 39.5 Å². The molecule has 2 aliphatic heterocycles. The van der Waals surface area contributed by atoms with Gasteiger partial charge < -0.3 is 15.0 Å². The maximum Gasteiger partial charge on any atom is 0.171 e. The van der Waals surface area contributed by atoms with Crippen molar-refractivity contribution in [2.75, 3.05) is 31.1 Å². The molecule has 1 atom stereocenters. The minimum atomic E-state index is 0.183. The van der Waals surface area contributed by atoms with Gasteiger partial charge in [-0.05, 0) is 58.2 Å². The Balaban J connectivity index is 1.80. The zero-order chi connectivity index (χ0) is 14.7. The molecule has 116 valence electrons. The minimum absolute atomic E-state index is 0.183. The fourth-order valence-electron chi connectivity index (χ4n) is 3.73. The highest BCUT2D eigenvalue weighted by atomic mass is 16.5. The number of aromatic nitrogens is 1. The molecule has 3 rings (SSSR count). The van der Waals surface area contributed by atoms with E-state index in [1.54, 1.807) is 0 Å². The Bertz CT molecular complexity index is 463. The standard InChI is InChI=1S/C17H27N3O/c1-14(2)21-15-6-3-10-19-16(15)20-11-5-8-17(13-20)7-4-9-18-12-17/h3,6,10,14,18H,4-5,7-9,11-13H2,1-2H3. The number of hydrogen-bond donors (Lipinski definition) is 1. The molecule has 0 aliphatic carbocycles. The number of ether oxygens (including phenoxy) is 1. The van der Waals surface area contributed by atoms with Crippen LogP contribution in [0.5, 0.6) is 5.75 Å². The van der Waals surface area contributed by atoms with Gasteiger partial charge in [0, 0.05) is 31.2 Å². The first-order valence-corrected chi connectivity index (χ1v) is 8.26. The van der Waals surface area contributed by atoms with Gasteiger partial charge in [-0.3, -0.25) is 0 Å². The normalized spacial score (nSPS) is 26.3. The van der Waals surface area contributed by atoms with E-state index < -0.39 is 0 Å². The van der Waals surface area contributed by atoms with Crippen molar-refractivity contribution in [3.05, 3.63) is 18.3 Å². The third-order valence-electron chi connectivity index (χ3n) is 4.64. The van der Waals surface area contributed by atoms with Gasteiger partial charge in [-0.1, -0.05) is 0 Å². The van der Waals surface area contributed by atoms with Gasteiger partial charge >= 0.3 is 0 Å². The van der Waals surface area contributed by atoms with Gasteiger partial charge in [-0.15, -0.1) is 0 Å². The molecule has 4 nitrogen and oxygen atoms in total. The summed E-state index contributed by atoms with van der Waals surface area (Å²) in [5, 5.41) is 3.59. The van der Waals surface area contributed by atoms with Crippen LogP contribution in [0.15, 0.2) is 18.3 Å². The Morgan fingerprint density at radius 2 is 2.19 bits per heavy atom. The van der Waals surface area contributed by atoms with Gasteiger partial charge in [0.15, 0.2) is 11.6 Å². The Labute approximate surface area is 127 Å². The second kappa shape index (κ2) is 6.22. The molecule has 4 heteroatoms. The fraction of sp³-hybridized carbons (Fsp3) is 0.706. The molecule has 0 aromatic carbocycles. The zero-order valence-corrected chi connectivity index (χ0v) is 13.3. The summed E-state index contributed by atoms with van der Waals surface area (Å²) in [6, 6.07) is 4.01. The van der Waals surface area contributed by atoms with Crippen LogP contribution >= 0.6 is 0 Å². The lowest BCUT2D eigenvalue weighted by Gasteiger charge is -2.46. The second-order valence-electron chi connectivity index (χ2n) is 6.80. The van der Waals surface area contributed by atoms with E-state index in [9.17, 15) is 0 Å². The molecule has 1 spiro atoms. The summed E-state index contributed by atoms with van der Waals surface area (Å²) < 4.78 is 5.95. The van der Waals surface area contributed by atoms with Crippen LogP contribution < -0.4 is 15.0 Å². The first-order valence-electron chi connectivity index (χ1n) is 8.26. The van der Waals surface area contributed by atoms with Crippen LogP contribution in [-0.2, 0) is 0 Å². The molecule has 21 heavy (non-hydrogen) atoms. The molecule has 2 saturated heterocycles. The van der Waals surface area contributed by atoms with Crippen LogP contribution in [0.2, 0.25) is 0 Å². The van der Waals surface area contributed by atoms with Crippen LogP contribution in [0.25, 0.3) is 0 Å². The van der Waals surface area contributed by atoms with Gasteiger partial charge in [0.05, 0.1) is 6.10 Å². The third kappa shape index (κ3) is 3.31. The van der Waals surface area contributed by atoms with Crippen molar-refractivity contribution in [3.8, 4) is 5.75 Å². The van der Waals surface area contributed by atoms with E-state index in [4.69, 9.17) is 4.74 Å². The maximum absolute atomic E-state index is 5.95. The largest absolute Gasteiger partial charge is 0.487 e. The number of anilines is 1. The van der Waals surface area contributed by atoms with Gasteiger partial charge in [0.2, 0.25) is 0 Å². The van der Waals surface area contributed by atoms with Crippen molar-refractivity contribution in [1.29, 1.82) is 0 Å². The third-order valence-corrected chi connectivity index (χ3v) is 4.64. The number of hydrogen-bond acceptors (Lipinski definition) is 4. The molecule has 3 heterocycles. The summed E-state index contributed by atoms with van der Waals surface area (Å²) in [7, 11) is 0. The highest BCUT2D eigenvalue weighted by molar-refractivity contribution is 5.52. The first kappa shape index (κ1) is 14.6. The summed E-state index contributed by atoms with van der Waals surface area (Å²) in [4.78, 5) is 7.05. The van der Waals surface area contributed by atoms with E-state index in [0.717, 1.165) is 31.2 Å². The summed E-state index contributed by atoms with van der Waals surface area (Å²) in [5.74, 6) is 1.95. The molecule has 0 bridgehead atoms. The molecule has 2 fully saturated rings. The smallest absolute Gasteiger partial charge is 0.171 e. The van der Waals surface area contributed by atoms with Crippen molar-refractivity contribution in [2.24, 2.45) is 5.41 Å². The molecule has 1 unspecified atom stereocenters. The molecular formula is C17H27N3O. The molecule has 2 aliphatic rings. The van der Waals surface area contributed by atoms with Crippen molar-refractivity contribution in [3.63, 3.8) is 0 Å². The van der Waals surface area contributed by atoms with Crippen LogP contribution in [-0.4, -0.2) is 37.3 Å². The number of pyridine rings is 1. The molecule has 1 N–H and O–H groups in total. The van der Waals surface area contributed by atoms with Crippen molar-refractivity contribution in [1.82, 2.24) is 10.3 Å². The van der Waals surface area contributed by atoms with Crippen LogP contribution in [0.3, 0.4) is 0 Å². The number of piperidine rings is 2. The summed E-state index contributed by atoms with van der Waals surface area (Å²) in [5.41, 5.74) is 0.434. The van der Waals surface area contributed by atoms with E-state index in [0.29, 0.717) is 5.41 Å². The lowest BCUT2D eigenvalue weighted by molar-refractivity contribution is 0.171. The lowest BCUT2D eigenvalue weighted by atomic mass is 9.74. The maximum atomic E-state index is 5.95. The Morgan fingerprint density at radius 3 is 2.95 bits per heavy atom. The highest BCUT2D eigenvalue weighted by Crippen LogP contribution is 2.39. The number of nitrogens with one attached hydrogen (secondary N) is 1. The highest BCUT2D eigenvalue weighted by Gasteiger charge is 2.37. The predicted octanol–water partition coefficient (Wildman–Crippen LogP) is 2.84. The van der Waals surface area contributed by atoms with Crippen LogP contribution in [0.4, 0.5) is 5.82 Å². The fourth-order valence-corrected chi connectivity index (χ4v) is 3.73. The van der Waals surface area contributed by atoms with Gasteiger partial charge in [0.1, 0.15) is 0 Å². The van der Waals surface area contributed by atoms with Crippen molar-refractivity contribution in [2.45, 2.75) is 45.6 Å². The van der Waals surface area contributed by atoms with E-state index in [1.165, 1.54) is 32.2 Å². The molecule has 0 saturated carbocycles. The first-order chi connectivity index (χ1) is 10.2. The Hall–Kier alpha value is -1.29. The molecule has 0 radical (unpaired) electrons. The molecule has 1 aromatic heterocycles. The van der Waals surface area contributed by atoms with Gasteiger partial charge in [0.25, 0.3) is 0 Å². The average Bonchev–Trinajstić information content (AvgIpc) is 2.48. The molecule has 0 amide bonds. The van der Waals surface area contributed by atoms with Gasteiger partial charge in [-0.2, -0.15) is 0 Å². The quantitative estimate of drug-likeness (QED) is 0.928. The minimum Gasteiger partial charge on any atom is -0.487 e. The van der Waals surface area contributed by atoms with Gasteiger partial charge in [-0.25, -0.2) is 4.98 Å². The predicted molar refractivity (Wildman–Crippen MR) is 86.0 cm³/mol. The number of rotatable bonds is 3. The second-order valence-corrected chi connectivity index (χ2v) is 6.80. The lowest BCUT2D eigenvalue weighted by Crippen LogP contribution is -2.51. The Kier molecular flexibility index (Phi) is 4.34. The summed E-state index contributed by atoms with van der Waals surface area (Å²) in [6.45, 7) is 8.65. The summed E-state index contributed by atoms with van der Waals surface area (Å²) >= 11 is 0. The number of nitrogens with zero attached hydrogens (tertiary/aromatic N) is 2. The van der Waals surface area contributed by atoms with E-state index in [2.05, 4.69) is 29.0 Å². The Morgan fingerprint density at radius 1 is 1.33 bits per heavy atom. The molecule has 1 aromatic rings. The van der Waals surface area contributed by atoms with Crippen LogP contribution in [0, 0.1) is 5.41 Å². The SMILES string of the molecule is CC(C)Oc1cccnc1N1CCCC2(CCCNC2)C1. The van der Waals surface area contributed by atoms with E-state index in [-0.39, 0.29) is 6.10 Å². The van der Waals surface area contributed by atoms with E-state index in [1.807, 2.05) is 18.3 Å². The topological polar surface area (TPSA) is 37.4 Å².